The van der Waals surface area contributed by atoms with Crippen molar-refractivity contribution in [2.75, 3.05) is 6.54 Å². The fraction of sp³-hybridized carbons (Fsp3) is 0.156. The van der Waals surface area contributed by atoms with Crippen molar-refractivity contribution in [1.29, 1.82) is 5.53 Å². The van der Waals surface area contributed by atoms with Gasteiger partial charge in [0.1, 0.15) is 5.75 Å². The number of halogens is 3. The predicted molar refractivity (Wildman–Crippen MR) is 158 cm³/mol. The second-order valence-electron chi connectivity index (χ2n) is 9.75. The molecule has 0 fully saturated rings. The summed E-state index contributed by atoms with van der Waals surface area (Å²) in [5.74, 6) is -1.64. The van der Waals surface area contributed by atoms with Gasteiger partial charge in [0.25, 0.3) is 5.91 Å². The zero-order chi connectivity index (χ0) is 31.5. The highest BCUT2D eigenvalue weighted by molar-refractivity contribution is 6.05. The number of guanidine groups is 1. The molecule has 0 heterocycles. The Morgan fingerprint density at radius 3 is 1.91 bits per heavy atom. The molecule has 0 unspecified atom stereocenters. The standard InChI is InChI=1S/C32H29F3N6O3/c33-32(34,35)44-27-17-13-22(14-18-27)19-29(42)41(20-23-11-15-26(16-12-23)30(43)38-31(36)39-40-37)21-28(24-7-3-1-4-8-24)25-9-5-2-6-10-25/h1-18,28H,19-21H2,(H4,36,37,38,39,43). The Morgan fingerprint density at radius 2 is 1.39 bits per heavy atom. The third kappa shape index (κ3) is 9.24. The Balaban J connectivity index is 1.60. The van der Waals surface area contributed by atoms with Crippen LogP contribution in [-0.4, -0.2) is 35.6 Å². The zero-order valence-electron chi connectivity index (χ0n) is 23.4. The van der Waals surface area contributed by atoms with E-state index in [-0.39, 0.29) is 42.1 Å². The number of hydrogen-bond acceptors (Lipinski definition) is 5. The van der Waals surface area contributed by atoms with E-state index in [1.54, 1.807) is 29.2 Å². The molecule has 12 heteroatoms. The molecule has 9 nitrogen and oxygen atoms in total. The van der Waals surface area contributed by atoms with Gasteiger partial charge in [-0.05, 0) is 51.7 Å². The van der Waals surface area contributed by atoms with Crippen LogP contribution in [0.5, 0.6) is 5.75 Å². The number of nitrogens with one attached hydrogen (secondary N) is 2. The fourth-order valence-electron chi connectivity index (χ4n) is 4.59. The lowest BCUT2D eigenvalue weighted by atomic mass is 9.90. The van der Waals surface area contributed by atoms with Crippen molar-refractivity contribution in [1.82, 2.24) is 10.2 Å². The monoisotopic (exact) mass is 602 g/mol. The number of amides is 2. The molecule has 0 aliphatic carbocycles. The first-order chi connectivity index (χ1) is 21.1. The summed E-state index contributed by atoms with van der Waals surface area (Å²) in [6.45, 7) is 0.515. The molecule has 0 aromatic heterocycles. The number of benzene rings is 4. The third-order valence-electron chi connectivity index (χ3n) is 6.66. The average Bonchev–Trinajstić information content (AvgIpc) is 3.00. The first kappa shape index (κ1) is 31.4. The van der Waals surface area contributed by atoms with E-state index in [1.807, 2.05) is 60.7 Å². The van der Waals surface area contributed by atoms with Crippen LogP contribution < -0.4 is 15.8 Å². The predicted octanol–water partition coefficient (Wildman–Crippen LogP) is 5.98. The topological polar surface area (TPSA) is 133 Å². The van der Waals surface area contributed by atoms with Crippen LogP contribution in [0.3, 0.4) is 0 Å². The zero-order valence-corrected chi connectivity index (χ0v) is 23.4. The van der Waals surface area contributed by atoms with E-state index in [0.717, 1.165) is 16.7 Å². The molecular weight excluding hydrogens is 573 g/mol. The number of carbonyl (C=O) groups is 2. The van der Waals surface area contributed by atoms with Gasteiger partial charge in [-0.15, -0.1) is 13.2 Å². The maximum absolute atomic E-state index is 13.8. The Labute approximate surface area is 251 Å². The highest BCUT2D eigenvalue weighted by Crippen LogP contribution is 2.27. The average molecular weight is 603 g/mol. The lowest BCUT2D eigenvalue weighted by Crippen LogP contribution is -2.36. The van der Waals surface area contributed by atoms with Crippen molar-refractivity contribution in [3.8, 4) is 5.75 Å². The van der Waals surface area contributed by atoms with Gasteiger partial charge in [0.2, 0.25) is 11.9 Å². The summed E-state index contributed by atoms with van der Waals surface area (Å²) in [7, 11) is 0. The van der Waals surface area contributed by atoms with Crippen LogP contribution in [0.25, 0.3) is 0 Å². The number of hydrogen-bond donors (Lipinski definition) is 3. The van der Waals surface area contributed by atoms with Gasteiger partial charge in [0, 0.05) is 24.6 Å². The number of carbonyl (C=O) groups excluding carboxylic acids is 2. The smallest absolute Gasteiger partial charge is 0.406 e. The minimum atomic E-state index is -4.81. The Bertz CT molecular complexity index is 1540. The van der Waals surface area contributed by atoms with E-state index in [2.05, 4.69) is 20.4 Å². The minimum absolute atomic E-state index is 0.0528. The number of nitrogens with zero attached hydrogens (tertiary/aromatic N) is 3. The number of rotatable bonds is 11. The van der Waals surface area contributed by atoms with Gasteiger partial charge in [0.05, 0.1) is 6.42 Å². The van der Waals surface area contributed by atoms with Crippen LogP contribution in [0, 0.1) is 5.53 Å². The van der Waals surface area contributed by atoms with E-state index >= 15 is 0 Å². The number of ether oxygens (including phenoxy) is 1. The van der Waals surface area contributed by atoms with E-state index in [1.165, 1.54) is 24.3 Å². The van der Waals surface area contributed by atoms with Crippen molar-refractivity contribution >= 4 is 17.8 Å². The molecule has 0 aliphatic rings. The van der Waals surface area contributed by atoms with Crippen molar-refractivity contribution in [3.63, 3.8) is 0 Å². The van der Waals surface area contributed by atoms with Crippen LogP contribution in [0.4, 0.5) is 13.2 Å². The molecule has 0 aliphatic heterocycles. The van der Waals surface area contributed by atoms with Gasteiger partial charge >= 0.3 is 6.36 Å². The molecule has 226 valence electrons. The van der Waals surface area contributed by atoms with E-state index in [4.69, 9.17) is 11.3 Å². The van der Waals surface area contributed by atoms with Gasteiger partial charge in [-0.25, -0.2) is 0 Å². The SMILES string of the molecule is N=NN=C(N)NC(=O)c1ccc(CN(CC(c2ccccc2)c2ccccc2)C(=O)Cc2ccc(OC(F)(F)F)cc2)cc1. The van der Waals surface area contributed by atoms with Crippen LogP contribution in [-0.2, 0) is 17.8 Å². The van der Waals surface area contributed by atoms with Gasteiger partial charge in [0.15, 0.2) is 0 Å². The molecule has 0 bridgehead atoms. The Morgan fingerprint density at radius 1 is 0.841 bits per heavy atom. The van der Waals surface area contributed by atoms with Crippen molar-refractivity contribution < 1.29 is 27.5 Å². The lowest BCUT2D eigenvalue weighted by molar-refractivity contribution is -0.274. The molecule has 0 atom stereocenters. The molecule has 4 N–H and O–H groups in total. The summed E-state index contributed by atoms with van der Waals surface area (Å²) in [6, 6.07) is 31.3. The lowest BCUT2D eigenvalue weighted by Gasteiger charge is -2.29. The molecular formula is C32H29F3N6O3. The van der Waals surface area contributed by atoms with Crippen LogP contribution in [0.2, 0.25) is 0 Å². The van der Waals surface area contributed by atoms with Crippen molar-refractivity contribution in [3.05, 3.63) is 137 Å². The van der Waals surface area contributed by atoms with Crippen molar-refractivity contribution in [2.45, 2.75) is 25.2 Å². The Kier molecular flexibility index (Phi) is 10.4. The van der Waals surface area contributed by atoms with Crippen LogP contribution >= 0.6 is 0 Å². The maximum atomic E-state index is 13.8. The number of alkyl halides is 3. The molecule has 0 spiro atoms. The van der Waals surface area contributed by atoms with Gasteiger partial charge < -0.3 is 15.4 Å². The molecule has 4 rings (SSSR count). The summed E-state index contributed by atoms with van der Waals surface area (Å²) in [5.41, 5.74) is 15.8. The molecule has 0 saturated carbocycles. The van der Waals surface area contributed by atoms with Crippen LogP contribution in [0.15, 0.2) is 120 Å². The quantitative estimate of drug-likeness (QED) is 0.0843. The third-order valence-corrected chi connectivity index (χ3v) is 6.66. The largest absolute Gasteiger partial charge is 0.573 e. The first-order valence-corrected chi connectivity index (χ1v) is 13.4. The normalized spacial score (nSPS) is 11.6. The molecule has 2 amide bonds. The summed E-state index contributed by atoms with van der Waals surface area (Å²) in [4.78, 5) is 27.9. The van der Waals surface area contributed by atoms with Crippen molar-refractivity contribution in [2.24, 2.45) is 16.1 Å². The highest BCUT2D eigenvalue weighted by Gasteiger charge is 2.31. The van der Waals surface area contributed by atoms with E-state index in [9.17, 15) is 22.8 Å². The molecule has 0 saturated heterocycles. The van der Waals surface area contributed by atoms with Gasteiger partial charge in [-0.3, -0.25) is 14.9 Å². The minimum Gasteiger partial charge on any atom is -0.406 e. The highest BCUT2D eigenvalue weighted by atomic mass is 19.4. The first-order valence-electron chi connectivity index (χ1n) is 13.4. The summed E-state index contributed by atoms with van der Waals surface area (Å²) >= 11 is 0. The van der Waals surface area contributed by atoms with Crippen LogP contribution in [0.1, 0.15) is 38.5 Å². The molecule has 4 aromatic rings. The molecule has 44 heavy (non-hydrogen) atoms. The summed E-state index contributed by atoms with van der Waals surface area (Å²) < 4.78 is 41.7. The maximum Gasteiger partial charge on any atom is 0.573 e. The fourth-order valence-corrected chi connectivity index (χ4v) is 4.59. The molecule has 4 aromatic carbocycles. The second kappa shape index (κ2) is 14.6. The summed E-state index contributed by atoms with van der Waals surface area (Å²) in [5, 5.41) is 8.34. The summed E-state index contributed by atoms with van der Waals surface area (Å²) in [6.07, 6.45) is -4.87. The Hall–Kier alpha value is -5.52. The van der Waals surface area contributed by atoms with E-state index < -0.39 is 12.3 Å². The van der Waals surface area contributed by atoms with Gasteiger partial charge in [-0.1, -0.05) is 90.0 Å². The van der Waals surface area contributed by atoms with E-state index in [0.29, 0.717) is 12.1 Å². The molecule has 0 radical (unpaired) electrons. The van der Waals surface area contributed by atoms with Gasteiger partial charge in [-0.2, -0.15) is 5.53 Å². The number of nitrogens with two attached hydrogens (primary N) is 1. The second-order valence-corrected chi connectivity index (χ2v) is 9.75.